The van der Waals surface area contributed by atoms with E-state index in [-0.39, 0.29) is 5.92 Å². The topological polar surface area (TPSA) is 108 Å². The molecular formula is C21H18N8O2. The van der Waals surface area contributed by atoms with Crippen LogP contribution in [0.1, 0.15) is 28.3 Å². The molecule has 5 heterocycles. The van der Waals surface area contributed by atoms with Crippen LogP contribution < -0.4 is 9.47 Å². The Balaban J connectivity index is 1.60. The van der Waals surface area contributed by atoms with Crippen molar-refractivity contribution in [2.75, 3.05) is 7.11 Å². The zero-order valence-corrected chi connectivity index (χ0v) is 17.1. The van der Waals surface area contributed by atoms with Gasteiger partial charge < -0.3 is 9.47 Å². The van der Waals surface area contributed by atoms with E-state index in [0.717, 1.165) is 33.7 Å². The van der Waals surface area contributed by atoms with Crippen molar-refractivity contribution in [1.29, 1.82) is 0 Å². The van der Waals surface area contributed by atoms with Crippen LogP contribution in [-0.4, -0.2) is 46.7 Å². The normalized spacial score (nSPS) is 14.9. The van der Waals surface area contributed by atoms with Crippen molar-refractivity contribution in [3.63, 3.8) is 0 Å². The lowest BCUT2D eigenvalue weighted by molar-refractivity contribution is 0.415. The highest BCUT2D eigenvalue weighted by Gasteiger charge is 2.37. The Bertz CT molecular complexity index is 1450. The molecule has 154 valence electrons. The number of fused-ring (bicyclic) bond motifs is 4. The van der Waals surface area contributed by atoms with Crippen LogP contribution in [0, 0.1) is 6.92 Å². The Morgan fingerprint density at radius 3 is 2.90 bits per heavy atom. The SMILES string of the molecule is COc1cccc(-c2nc3c4c(ncn3n2)Oc2n[nH]c(C)c2C4c2cnn(C)c2)c1. The van der Waals surface area contributed by atoms with E-state index in [1.54, 1.807) is 22.6 Å². The van der Waals surface area contributed by atoms with Gasteiger partial charge in [0.1, 0.15) is 12.1 Å². The third kappa shape index (κ3) is 2.61. The smallest absolute Gasteiger partial charge is 0.244 e. The lowest BCUT2D eigenvalue weighted by Crippen LogP contribution is -2.14. The Morgan fingerprint density at radius 1 is 1.19 bits per heavy atom. The molecule has 1 unspecified atom stereocenters. The molecule has 5 aromatic rings. The quantitative estimate of drug-likeness (QED) is 0.474. The molecular weight excluding hydrogens is 396 g/mol. The van der Waals surface area contributed by atoms with Gasteiger partial charge in [-0.15, -0.1) is 10.2 Å². The number of hydrogen-bond acceptors (Lipinski definition) is 7. The van der Waals surface area contributed by atoms with E-state index in [0.29, 0.717) is 23.2 Å². The number of ether oxygens (including phenoxy) is 2. The molecule has 1 aliphatic heterocycles. The fourth-order valence-electron chi connectivity index (χ4n) is 4.07. The molecule has 4 aromatic heterocycles. The Labute approximate surface area is 176 Å². The van der Waals surface area contributed by atoms with Crippen molar-refractivity contribution in [3.05, 3.63) is 65.4 Å². The number of methoxy groups -OCH3 is 1. The molecule has 1 atom stereocenters. The lowest BCUT2D eigenvalue weighted by atomic mass is 9.86. The molecule has 1 aliphatic rings. The highest BCUT2D eigenvalue weighted by molar-refractivity contribution is 5.68. The van der Waals surface area contributed by atoms with E-state index in [9.17, 15) is 0 Å². The van der Waals surface area contributed by atoms with Crippen LogP contribution >= 0.6 is 0 Å². The first kappa shape index (κ1) is 17.6. The van der Waals surface area contributed by atoms with Crippen molar-refractivity contribution in [2.24, 2.45) is 7.05 Å². The van der Waals surface area contributed by atoms with Gasteiger partial charge in [0.05, 0.1) is 24.8 Å². The average molecular weight is 414 g/mol. The van der Waals surface area contributed by atoms with Gasteiger partial charge in [0, 0.05) is 35.6 Å². The zero-order valence-electron chi connectivity index (χ0n) is 17.1. The summed E-state index contributed by atoms with van der Waals surface area (Å²) in [5.41, 5.74) is 5.22. The Hall–Kier alpha value is -4.21. The maximum absolute atomic E-state index is 6.03. The minimum Gasteiger partial charge on any atom is -0.497 e. The third-order valence-corrected chi connectivity index (χ3v) is 5.50. The van der Waals surface area contributed by atoms with Crippen LogP contribution in [0.5, 0.6) is 17.5 Å². The number of H-pyrrole nitrogens is 1. The number of rotatable bonds is 3. The second-order valence-corrected chi connectivity index (χ2v) is 7.45. The molecule has 1 N–H and O–H groups in total. The Kier molecular flexibility index (Phi) is 3.64. The zero-order chi connectivity index (χ0) is 21.1. The van der Waals surface area contributed by atoms with E-state index >= 15 is 0 Å². The Morgan fingerprint density at radius 2 is 2.10 bits per heavy atom. The van der Waals surface area contributed by atoms with Gasteiger partial charge in [-0.05, 0) is 19.1 Å². The molecule has 0 radical (unpaired) electrons. The highest BCUT2D eigenvalue weighted by atomic mass is 16.5. The third-order valence-electron chi connectivity index (χ3n) is 5.50. The molecule has 10 heteroatoms. The summed E-state index contributed by atoms with van der Waals surface area (Å²) < 4.78 is 14.8. The number of aromatic nitrogens is 8. The van der Waals surface area contributed by atoms with Crippen LogP contribution in [0.2, 0.25) is 0 Å². The summed E-state index contributed by atoms with van der Waals surface area (Å²) in [6.45, 7) is 1.97. The minimum absolute atomic E-state index is 0.190. The monoisotopic (exact) mass is 414 g/mol. The van der Waals surface area contributed by atoms with Crippen LogP contribution in [0.25, 0.3) is 17.0 Å². The van der Waals surface area contributed by atoms with E-state index in [4.69, 9.17) is 14.5 Å². The van der Waals surface area contributed by atoms with Crippen molar-refractivity contribution < 1.29 is 9.47 Å². The maximum atomic E-state index is 6.03. The van der Waals surface area contributed by atoms with Gasteiger partial charge in [-0.2, -0.15) is 5.10 Å². The molecule has 0 amide bonds. The fraction of sp³-hybridized carbons (Fsp3) is 0.190. The molecule has 0 fully saturated rings. The number of benzene rings is 1. The predicted octanol–water partition coefficient (Wildman–Crippen LogP) is 2.85. The van der Waals surface area contributed by atoms with Gasteiger partial charge in [0.2, 0.25) is 11.8 Å². The van der Waals surface area contributed by atoms with E-state index in [1.807, 2.05) is 50.6 Å². The van der Waals surface area contributed by atoms with Crippen LogP contribution in [0.3, 0.4) is 0 Å². The first-order valence-electron chi connectivity index (χ1n) is 9.73. The number of hydrogen-bond donors (Lipinski definition) is 1. The van der Waals surface area contributed by atoms with Crippen LogP contribution in [-0.2, 0) is 7.05 Å². The van der Waals surface area contributed by atoms with Gasteiger partial charge in [-0.3, -0.25) is 9.78 Å². The van der Waals surface area contributed by atoms with Gasteiger partial charge in [-0.1, -0.05) is 12.1 Å². The summed E-state index contributed by atoms with van der Waals surface area (Å²) in [5, 5.41) is 16.4. The predicted molar refractivity (Wildman–Crippen MR) is 110 cm³/mol. The molecule has 0 aliphatic carbocycles. The molecule has 10 nitrogen and oxygen atoms in total. The molecule has 0 bridgehead atoms. The second kappa shape index (κ2) is 6.39. The summed E-state index contributed by atoms with van der Waals surface area (Å²) in [7, 11) is 3.53. The van der Waals surface area contributed by atoms with Crippen LogP contribution in [0.15, 0.2) is 43.0 Å². The number of nitrogens with zero attached hydrogens (tertiary/aromatic N) is 7. The summed E-state index contributed by atoms with van der Waals surface area (Å²) in [6, 6.07) is 7.65. The standard InChI is InChI=1S/C21H18N8O2/c1-11-15-16(13-8-23-28(2)9-13)17-19-24-18(12-5-4-6-14(7-12)30-3)27-29(19)10-22-20(17)31-21(15)26-25-11/h4-10,16H,1-3H3,(H,25,26). The minimum atomic E-state index is -0.190. The molecule has 0 spiro atoms. The number of aromatic amines is 1. The summed E-state index contributed by atoms with van der Waals surface area (Å²) in [5.74, 6) is 2.11. The highest BCUT2D eigenvalue weighted by Crippen LogP contribution is 2.48. The van der Waals surface area contributed by atoms with E-state index in [2.05, 4.69) is 25.4 Å². The largest absolute Gasteiger partial charge is 0.497 e. The number of nitrogens with one attached hydrogen (secondary N) is 1. The summed E-state index contributed by atoms with van der Waals surface area (Å²) in [6.07, 6.45) is 5.44. The summed E-state index contributed by atoms with van der Waals surface area (Å²) in [4.78, 5) is 9.37. The van der Waals surface area contributed by atoms with E-state index in [1.165, 1.54) is 0 Å². The molecule has 31 heavy (non-hydrogen) atoms. The summed E-state index contributed by atoms with van der Waals surface area (Å²) >= 11 is 0. The van der Waals surface area contributed by atoms with Crippen molar-refractivity contribution in [1.82, 2.24) is 39.6 Å². The lowest BCUT2D eigenvalue weighted by Gasteiger charge is -2.24. The van der Waals surface area contributed by atoms with Crippen molar-refractivity contribution in [3.8, 4) is 28.9 Å². The average Bonchev–Trinajstić information content (AvgIpc) is 3.51. The molecule has 1 aromatic carbocycles. The van der Waals surface area contributed by atoms with Gasteiger partial charge >= 0.3 is 0 Å². The van der Waals surface area contributed by atoms with Crippen molar-refractivity contribution >= 4 is 5.65 Å². The first-order chi connectivity index (χ1) is 15.1. The van der Waals surface area contributed by atoms with Crippen LogP contribution in [0.4, 0.5) is 0 Å². The molecule has 6 rings (SSSR count). The number of aryl methyl sites for hydroxylation is 2. The van der Waals surface area contributed by atoms with Gasteiger partial charge in [-0.25, -0.2) is 14.5 Å². The van der Waals surface area contributed by atoms with Gasteiger partial charge in [0.15, 0.2) is 11.5 Å². The molecule has 0 saturated carbocycles. The first-order valence-corrected chi connectivity index (χ1v) is 9.73. The second-order valence-electron chi connectivity index (χ2n) is 7.45. The fourth-order valence-corrected chi connectivity index (χ4v) is 4.07. The van der Waals surface area contributed by atoms with E-state index < -0.39 is 0 Å². The maximum Gasteiger partial charge on any atom is 0.244 e. The molecule has 0 saturated heterocycles. The van der Waals surface area contributed by atoms with Crippen molar-refractivity contribution in [2.45, 2.75) is 12.8 Å². The van der Waals surface area contributed by atoms with Gasteiger partial charge in [0.25, 0.3) is 0 Å².